The monoisotopic (exact) mass is 706 g/mol. The SMILES string of the molecule is CC(C)c1ccc(N2c3ccccc3B3c4sc5c(c4N(c4ccccc4)c4cccc2c43)-c2ccccc2C52c3ccccc3-c3ccccc32)cc1. The molecule has 3 heterocycles. The molecule has 1 spiro atoms. The van der Waals surface area contributed by atoms with Crippen LogP contribution in [0.2, 0.25) is 0 Å². The molecule has 0 N–H and O–H groups in total. The van der Waals surface area contributed by atoms with Crippen molar-refractivity contribution in [3.05, 3.63) is 197 Å². The maximum atomic E-state index is 2.59. The number of thiophene rings is 1. The fraction of sp³-hybridized carbons (Fsp3) is 0.0800. The lowest BCUT2D eigenvalue weighted by molar-refractivity contribution is 0.811. The first-order chi connectivity index (χ1) is 26.7. The van der Waals surface area contributed by atoms with E-state index in [1.54, 1.807) is 0 Å². The molecule has 4 heteroatoms. The summed E-state index contributed by atoms with van der Waals surface area (Å²) in [5, 5.41) is 0. The van der Waals surface area contributed by atoms with Gasteiger partial charge in [-0.1, -0.05) is 141 Å². The largest absolute Gasteiger partial charge is 0.311 e. The van der Waals surface area contributed by atoms with Crippen molar-refractivity contribution < 1.29 is 0 Å². The fourth-order valence-electron chi connectivity index (χ4n) is 10.3. The molecule has 1 aromatic heterocycles. The number of nitrogens with zero attached hydrogens (tertiary/aromatic N) is 2. The molecule has 54 heavy (non-hydrogen) atoms. The maximum absolute atomic E-state index is 2.59. The molecule has 0 unspecified atom stereocenters. The van der Waals surface area contributed by atoms with Crippen molar-refractivity contribution in [3.63, 3.8) is 0 Å². The molecule has 7 aromatic carbocycles. The van der Waals surface area contributed by atoms with E-state index in [-0.39, 0.29) is 6.71 Å². The molecule has 2 aliphatic carbocycles. The van der Waals surface area contributed by atoms with E-state index >= 15 is 0 Å². The van der Waals surface area contributed by atoms with Crippen molar-refractivity contribution in [1.29, 1.82) is 0 Å². The molecule has 0 atom stereocenters. The zero-order valence-corrected chi connectivity index (χ0v) is 30.9. The van der Waals surface area contributed by atoms with Crippen LogP contribution in [0.3, 0.4) is 0 Å². The van der Waals surface area contributed by atoms with Gasteiger partial charge in [-0.25, -0.2) is 0 Å². The number of hydrogen-bond donors (Lipinski definition) is 0. The Hall–Kier alpha value is -6.10. The Morgan fingerprint density at radius 3 is 1.72 bits per heavy atom. The van der Waals surface area contributed by atoms with Crippen molar-refractivity contribution in [2.75, 3.05) is 9.80 Å². The minimum Gasteiger partial charge on any atom is -0.311 e. The van der Waals surface area contributed by atoms with Crippen molar-refractivity contribution in [2.45, 2.75) is 25.2 Å². The van der Waals surface area contributed by atoms with Gasteiger partial charge in [0.1, 0.15) is 0 Å². The van der Waals surface area contributed by atoms with Crippen LogP contribution in [0.15, 0.2) is 170 Å². The van der Waals surface area contributed by atoms with Crippen molar-refractivity contribution in [3.8, 4) is 22.3 Å². The van der Waals surface area contributed by atoms with Gasteiger partial charge in [-0.05, 0) is 98.3 Å². The van der Waals surface area contributed by atoms with E-state index in [1.807, 2.05) is 11.3 Å². The molecule has 4 aliphatic rings. The highest BCUT2D eigenvalue weighted by Crippen LogP contribution is 2.66. The summed E-state index contributed by atoms with van der Waals surface area (Å²) in [6, 6.07) is 63.9. The standard InChI is InChI=1S/C50H35BN2S/c1-31(2)32-27-29-34(30-28-32)52-42-24-13-12-23-41(42)51-46-43(52)25-14-26-44(46)53(33-15-4-3-5-16-33)47-45-37-19-8-11-22-40(37)50(48(45)54-49(47)51)38-20-9-6-17-35(38)36-18-7-10-21-39(36)50/h3-31H,1-2H3. The highest BCUT2D eigenvalue weighted by atomic mass is 32.1. The number of rotatable bonds is 3. The van der Waals surface area contributed by atoms with Gasteiger partial charge in [0, 0.05) is 43.7 Å². The van der Waals surface area contributed by atoms with Crippen LogP contribution >= 0.6 is 11.3 Å². The lowest BCUT2D eigenvalue weighted by Gasteiger charge is -2.43. The summed E-state index contributed by atoms with van der Waals surface area (Å²) in [7, 11) is 0. The van der Waals surface area contributed by atoms with E-state index in [4.69, 9.17) is 0 Å². The fourth-order valence-corrected chi connectivity index (χ4v) is 11.9. The second-order valence-corrected chi connectivity index (χ2v) is 16.4. The molecule has 0 saturated heterocycles. The van der Waals surface area contributed by atoms with E-state index in [2.05, 4.69) is 194 Å². The van der Waals surface area contributed by atoms with Crippen molar-refractivity contribution >= 4 is 67.9 Å². The third-order valence-corrected chi connectivity index (χ3v) is 13.8. The highest BCUT2D eigenvalue weighted by Gasteiger charge is 2.56. The average Bonchev–Trinajstić information content (AvgIpc) is 3.85. The quantitative estimate of drug-likeness (QED) is 0.169. The summed E-state index contributed by atoms with van der Waals surface area (Å²) in [5.41, 5.74) is 20.7. The first-order valence-corrected chi connectivity index (χ1v) is 19.9. The van der Waals surface area contributed by atoms with Gasteiger partial charge in [0.15, 0.2) is 0 Å². The van der Waals surface area contributed by atoms with Gasteiger partial charge >= 0.3 is 0 Å². The Labute approximate surface area is 320 Å². The predicted molar refractivity (Wildman–Crippen MR) is 229 cm³/mol. The average molecular weight is 707 g/mol. The van der Waals surface area contributed by atoms with Gasteiger partial charge < -0.3 is 9.80 Å². The van der Waals surface area contributed by atoms with E-state index < -0.39 is 5.41 Å². The molecule has 8 aromatic rings. The Morgan fingerprint density at radius 2 is 1.04 bits per heavy atom. The highest BCUT2D eigenvalue weighted by molar-refractivity contribution is 7.30. The molecule has 12 rings (SSSR count). The van der Waals surface area contributed by atoms with Crippen molar-refractivity contribution in [2.24, 2.45) is 0 Å². The van der Waals surface area contributed by atoms with Gasteiger partial charge in [0.25, 0.3) is 6.71 Å². The number of para-hydroxylation sites is 2. The third-order valence-electron chi connectivity index (χ3n) is 12.4. The first kappa shape index (κ1) is 30.4. The maximum Gasteiger partial charge on any atom is 0.264 e. The molecule has 0 radical (unpaired) electrons. The van der Waals surface area contributed by atoms with Gasteiger partial charge in [-0.3, -0.25) is 0 Å². The summed E-state index contributed by atoms with van der Waals surface area (Å²) in [5.74, 6) is 0.479. The Kier molecular flexibility index (Phi) is 6.17. The third kappa shape index (κ3) is 3.71. The molecule has 0 amide bonds. The van der Waals surface area contributed by atoms with Gasteiger partial charge in [-0.15, -0.1) is 11.3 Å². The number of anilines is 6. The van der Waals surface area contributed by atoms with Crippen LogP contribution < -0.4 is 25.5 Å². The summed E-state index contributed by atoms with van der Waals surface area (Å²) < 4.78 is 1.42. The second-order valence-electron chi connectivity index (χ2n) is 15.4. The molecular weight excluding hydrogens is 671 g/mol. The van der Waals surface area contributed by atoms with Gasteiger partial charge in [-0.2, -0.15) is 0 Å². The normalized spacial score (nSPS) is 14.7. The van der Waals surface area contributed by atoms with E-state index in [0.717, 1.165) is 0 Å². The number of fused-ring (bicyclic) bond motifs is 15. The predicted octanol–water partition coefficient (Wildman–Crippen LogP) is 11.3. The minimum atomic E-state index is -0.392. The summed E-state index contributed by atoms with van der Waals surface area (Å²) in [6.45, 7) is 4.62. The smallest absolute Gasteiger partial charge is 0.264 e. The second kappa shape index (κ2) is 11.0. The molecule has 0 saturated carbocycles. The summed E-state index contributed by atoms with van der Waals surface area (Å²) in [4.78, 5) is 6.53. The number of benzene rings is 7. The Bertz CT molecular complexity index is 2790. The zero-order valence-electron chi connectivity index (χ0n) is 30.1. The van der Waals surface area contributed by atoms with E-state index in [1.165, 1.54) is 99.2 Å². The van der Waals surface area contributed by atoms with Crippen LogP contribution in [0.4, 0.5) is 34.1 Å². The van der Waals surface area contributed by atoms with E-state index in [9.17, 15) is 0 Å². The van der Waals surface area contributed by atoms with Crippen LogP contribution in [0.25, 0.3) is 22.3 Å². The molecule has 254 valence electrons. The summed E-state index contributed by atoms with van der Waals surface area (Å²) in [6.07, 6.45) is 0. The molecule has 2 aliphatic heterocycles. The minimum absolute atomic E-state index is 0.0836. The van der Waals surface area contributed by atoms with Crippen LogP contribution in [0, 0.1) is 0 Å². The molecular formula is C50H35BN2S. The summed E-state index contributed by atoms with van der Waals surface area (Å²) >= 11 is 2.05. The first-order valence-electron chi connectivity index (χ1n) is 19.1. The topological polar surface area (TPSA) is 6.48 Å². The Morgan fingerprint density at radius 1 is 0.500 bits per heavy atom. The van der Waals surface area contributed by atoms with Gasteiger partial charge in [0.2, 0.25) is 0 Å². The van der Waals surface area contributed by atoms with E-state index in [0.29, 0.717) is 5.92 Å². The van der Waals surface area contributed by atoms with Crippen LogP contribution in [-0.2, 0) is 5.41 Å². The lowest BCUT2D eigenvalue weighted by atomic mass is 9.36. The van der Waals surface area contributed by atoms with Crippen LogP contribution in [0.1, 0.15) is 46.9 Å². The Balaban J connectivity index is 1.20. The number of hydrogen-bond acceptors (Lipinski definition) is 3. The molecule has 2 nitrogen and oxygen atoms in total. The zero-order chi connectivity index (χ0) is 35.7. The molecule has 0 fully saturated rings. The van der Waals surface area contributed by atoms with Crippen LogP contribution in [0.5, 0.6) is 0 Å². The lowest BCUT2D eigenvalue weighted by Crippen LogP contribution is -2.60. The van der Waals surface area contributed by atoms with Gasteiger partial charge in [0.05, 0.1) is 11.1 Å². The van der Waals surface area contributed by atoms with Crippen LogP contribution in [-0.4, -0.2) is 6.71 Å². The molecule has 0 bridgehead atoms. The van der Waals surface area contributed by atoms with Crippen molar-refractivity contribution in [1.82, 2.24) is 0 Å².